The van der Waals surface area contributed by atoms with E-state index in [1.807, 2.05) is 6.26 Å². The van der Waals surface area contributed by atoms with E-state index in [-0.39, 0.29) is 18.0 Å². The summed E-state index contributed by atoms with van der Waals surface area (Å²) in [6, 6.07) is -0.383. The lowest BCUT2D eigenvalue weighted by atomic mass is 10.0. The van der Waals surface area contributed by atoms with E-state index in [0.717, 1.165) is 25.5 Å². The molecule has 17 heavy (non-hydrogen) atoms. The molecule has 1 aliphatic heterocycles. The Bertz CT molecular complexity index is 271. The predicted molar refractivity (Wildman–Crippen MR) is 70.7 cm³/mol. The predicted octanol–water partition coefficient (Wildman–Crippen LogP) is 1.46. The molecule has 1 amide bonds. The Hall–Kier alpha value is -0.550. The second-order valence-electron chi connectivity index (χ2n) is 4.88. The van der Waals surface area contributed by atoms with E-state index in [0.29, 0.717) is 12.5 Å². The molecular weight excluding hydrogens is 236 g/mol. The van der Waals surface area contributed by atoms with Crippen molar-refractivity contribution in [3.05, 3.63) is 0 Å². The first-order valence-electron chi connectivity index (χ1n) is 6.14. The summed E-state index contributed by atoms with van der Waals surface area (Å²) in [4.78, 5) is 25.0. The van der Waals surface area contributed by atoms with Gasteiger partial charge in [-0.15, -0.1) is 0 Å². The lowest BCUT2D eigenvalue weighted by Crippen LogP contribution is -2.47. The summed E-state index contributed by atoms with van der Waals surface area (Å²) >= 11 is 1.46. The zero-order valence-corrected chi connectivity index (χ0v) is 11.6. The molecule has 0 saturated carbocycles. The van der Waals surface area contributed by atoms with Crippen LogP contribution in [0.2, 0.25) is 0 Å². The fraction of sp³-hybridized carbons (Fsp3) is 0.833. The summed E-state index contributed by atoms with van der Waals surface area (Å²) in [5.41, 5.74) is 0. The maximum atomic E-state index is 12.3. The van der Waals surface area contributed by atoms with Gasteiger partial charge in [0.1, 0.15) is 6.29 Å². The van der Waals surface area contributed by atoms with E-state index in [1.165, 1.54) is 11.9 Å². The summed E-state index contributed by atoms with van der Waals surface area (Å²) < 4.78 is 3.14. The van der Waals surface area contributed by atoms with Crippen LogP contribution in [0, 0.1) is 5.92 Å². The van der Waals surface area contributed by atoms with E-state index >= 15 is 0 Å². The Morgan fingerprint density at radius 3 is 2.82 bits per heavy atom. The van der Waals surface area contributed by atoms with Gasteiger partial charge in [0.15, 0.2) is 0 Å². The summed E-state index contributed by atoms with van der Waals surface area (Å²) in [5.74, 6) is 0.531. The molecule has 5 heteroatoms. The number of nitrogens with zero attached hydrogens (tertiary/aromatic N) is 1. The molecule has 0 aromatic rings. The molecule has 4 nitrogen and oxygen atoms in total. The third-order valence-corrected chi connectivity index (χ3v) is 3.52. The van der Waals surface area contributed by atoms with Gasteiger partial charge in [-0.05, 0) is 31.4 Å². The van der Waals surface area contributed by atoms with Crippen molar-refractivity contribution in [2.75, 3.05) is 12.8 Å². The third-order valence-electron chi connectivity index (χ3n) is 3.00. The molecule has 1 aliphatic rings. The van der Waals surface area contributed by atoms with Crippen molar-refractivity contribution in [1.29, 1.82) is 0 Å². The topological polar surface area (TPSA) is 49.4 Å². The molecule has 1 rings (SSSR count). The Kier molecular flexibility index (Phi) is 5.98. The summed E-state index contributed by atoms with van der Waals surface area (Å²) in [6.45, 7) is 4.92. The number of rotatable bonds is 6. The first-order valence-corrected chi connectivity index (χ1v) is 7.37. The molecule has 0 radical (unpaired) electrons. The molecule has 0 unspecified atom stereocenters. The van der Waals surface area contributed by atoms with Crippen molar-refractivity contribution in [3.8, 4) is 0 Å². The van der Waals surface area contributed by atoms with Crippen LogP contribution in [0.15, 0.2) is 0 Å². The lowest BCUT2D eigenvalue weighted by Gasteiger charge is -2.27. The van der Waals surface area contributed by atoms with Crippen LogP contribution in [0.4, 0.5) is 0 Å². The van der Waals surface area contributed by atoms with E-state index in [4.69, 9.17) is 0 Å². The lowest BCUT2D eigenvalue weighted by molar-refractivity contribution is -0.136. The number of hydrogen-bond acceptors (Lipinski definition) is 4. The molecule has 98 valence electrons. The standard InChI is InChI=1S/C12H22N2O2S/c1-9(2)7-11(13-17-3)12(16)14-6-4-5-10(14)8-15/h8-11,13H,4-7H2,1-3H3/t10-,11-/m0/s1. The van der Waals surface area contributed by atoms with Crippen LogP contribution in [0.1, 0.15) is 33.1 Å². The van der Waals surface area contributed by atoms with Gasteiger partial charge in [0.05, 0.1) is 12.1 Å². The molecule has 0 aromatic carbocycles. The SMILES string of the molecule is CSN[C@@H](CC(C)C)C(=O)N1CCC[C@H]1C=O. The second-order valence-corrected chi connectivity index (χ2v) is 5.53. The van der Waals surface area contributed by atoms with Crippen LogP contribution in [-0.4, -0.2) is 42.0 Å². The molecule has 2 atom stereocenters. The minimum Gasteiger partial charge on any atom is -0.332 e. The monoisotopic (exact) mass is 258 g/mol. The molecule has 0 bridgehead atoms. The van der Waals surface area contributed by atoms with Gasteiger partial charge in [-0.2, -0.15) is 0 Å². The molecule has 1 N–H and O–H groups in total. The van der Waals surface area contributed by atoms with Crippen LogP contribution >= 0.6 is 11.9 Å². The number of hydrogen-bond donors (Lipinski definition) is 1. The Morgan fingerprint density at radius 1 is 1.59 bits per heavy atom. The first-order chi connectivity index (χ1) is 8.10. The molecule has 0 aliphatic carbocycles. The normalized spacial score (nSPS) is 21.9. The number of carbonyl (C=O) groups is 2. The van der Waals surface area contributed by atoms with Crippen LogP contribution in [0.25, 0.3) is 0 Å². The van der Waals surface area contributed by atoms with Crippen molar-refractivity contribution in [1.82, 2.24) is 9.62 Å². The highest BCUT2D eigenvalue weighted by Gasteiger charge is 2.32. The van der Waals surface area contributed by atoms with Gasteiger partial charge in [-0.1, -0.05) is 25.8 Å². The number of amides is 1. The highest BCUT2D eigenvalue weighted by molar-refractivity contribution is 7.96. The van der Waals surface area contributed by atoms with Gasteiger partial charge >= 0.3 is 0 Å². The first kappa shape index (κ1) is 14.5. The average molecular weight is 258 g/mol. The van der Waals surface area contributed by atoms with E-state index in [9.17, 15) is 9.59 Å². The highest BCUT2D eigenvalue weighted by Crippen LogP contribution is 2.19. The highest BCUT2D eigenvalue weighted by atomic mass is 32.2. The van der Waals surface area contributed by atoms with Gasteiger partial charge in [0.25, 0.3) is 0 Å². The number of carbonyl (C=O) groups excluding carboxylic acids is 2. The minimum absolute atomic E-state index is 0.0719. The van der Waals surface area contributed by atoms with Crippen molar-refractivity contribution in [2.24, 2.45) is 5.92 Å². The van der Waals surface area contributed by atoms with Crippen molar-refractivity contribution >= 4 is 24.1 Å². The third kappa shape index (κ3) is 4.00. The fourth-order valence-corrected chi connectivity index (χ4v) is 2.70. The summed E-state index contributed by atoms with van der Waals surface area (Å²) in [6.07, 6.45) is 5.37. The summed E-state index contributed by atoms with van der Waals surface area (Å²) in [5, 5.41) is 0. The van der Waals surface area contributed by atoms with E-state index in [2.05, 4.69) is 18.6 Å². The fourth-order valence-electron chi connectivity index (χ4n) is 2.22. The van der Waals surface area contributed by atoms with Gasteiger partial charge < -0.3 is 9.69 Å². The van der Waals surface area contributed by atoms with Gasteiger partial charge in [0.2, 0.25) is 5.91 Å². The maximum absolute atomic E-state index is 12.3. The van der Waals surface area contributed by atoms with Crippen molar-refractivity contribution in [3.63, 3.8) is 0 Å². The van der Waals surface area contributed by atoms with Crippen molar-refractivity contribution in [2.45, 2.75) is 45.2 Å². The van der Waals surface area contributed by atoms with Crippen LogP contribution < -0.4 is 4.72 Å². The average Bonchev–Trinajstić information content (AvgIpc) is 2.74. The van der Waals surface area contributed by atoms with Crippen LogP contribution in [0.3, 0.4) is 0 Å². The quantitative estimate of drug-likeness (QED) is 0.579. The largest absolute Gasteiger partial charge is 0.332 e. The zero-order chi connectivity index (χ0) is 12.8. The molecule has 1 saturated heterocycles. The summed E-state index contributed by atoms with van der Waals surface area (Å²) in [7, 11) is 0. The second kappa shape index (κ2) is 7.01. The zero-order valence-electron chi connectivity index (χ0n) is 10.8. The number of likely N-dealkylation sites (tertiary alicyclic amines) is 1. The van der Waals surface area contributed by atoms with Crippen LogP contribution in [-0.2, 0) is 9.59 Å². The van der Waals surface area contributed by atoms with E-state index in [1.54, 1.807) is 4.90 Å². The van der Waals surface area contributed by atoms with Gasteiger partial charge in [-0.25, -0.2) is 0 Å². The smallest absolute Gasteiger partial charge is 0.241 e. The minimum atomic E-state index is -0.208. The molecular formula is C12H22N2O2S. The maximum Gasteiger partial charge on any atom is 0.241 e. The molecule has 1 heterocycles. The number of nitrogens with one attached hydrogen (secondary N) is 1. The Labute approximate surface area is 108 Å². The van der Waals surface area contributed by atoms with E-state index < -0.39 is 0 Å². The Morgan fingerprint density at radius 2 is 2.29 bits per heavy atom. The Balaban J connectivity index is 2.65. The molecule has 0 aromatic heterocycles. The number of aldehydes is 1. The van der Waals surface area contributed by atoms with Crippen molar-refractivity contribution < 1.29 is 9.59 Å². The van der Waals surface area contributed by atoms with Gasteiger partial charge in [-0.3, -0.25) is 9.52 Å². The molecule has 1 fully saturated rings. The van der Waals surface area contributed by atoms with Crippen LogP contribution in [0.5, 0.6) is 0 Å². The van der Waals surface area contributed by atoms with Gasteiger partial charge in [0, 0.05) is 6.54 Å². The molecule has 0 spiro atoms.